The summed E-state index contributed by atoms with van der Waals surface area (Å²) >= 11 is 0. The second kappa shape index (κ2) is 6.11. The Balaban J connectivity index is 1.83. The first kappa shape index (κ1) is 18.9. The molecule has 8 heteroatoms. The molecule has 0 spiro atoms. The lowest BCUT2D eigenvalue weighted by Gasteiger charge is -2.43. The van der Waals surface area contributed by atoms with Crippen molar-refractivity contribution >= 4 is 6.09 Å². The van der Waals surface area contributed by atoms with Gasteiger partial charge in [0.15, 0.2) is 0 Å². The molecule has 1 amide bonds. The predicted octanol–water partition coefficient (Wildman–Crippen LogP) is 3.85. The SMILES string of the molecule is CC(C)(C)OC(=O)N1C2CCC1CC(O)(c1cccc(C(F)(F)F)n1)C2. The largest absolute Gasteiger partial charge is 0.444 e. The Hall–Kier alpha value is -1.83. The fourth-order valence-corrected chi connectivity index (χ4v) is 3.90. The number of nitrogens with zero attached hydrogens (tertiary/aromatic N) is 2. The number of piperidine rings is 1. The number of hydrogen-bond donors (Lipinski definition) is 1. The molecule has 0 aromatic carbocycles. The van der Waals surface area contributed by atoms with Gasteiger partial charge in [0.2, 0.25) is 0 Å². The normalized spacial score (nSPS) is 29.0. The topological polar surface area (TPSA) is 62.7 Å². The number of halogens is 3. The van der Waals surface area contributed by atoms with Gasteiger partial charge in [0, 0.05) is 24.9 Å². The summed E-state index contributed by atoms with van der Waals surface area (Å²) in [6.45, 7) is 5.33. The zero-order chi connectivity index (χ0) is 19.3. The highest BCUT2D eigenvalue weighted by atomic mass is 19.4. The van der Waals surface area contributed by atoms with Gasteiger partial charge in [-0.25, -0.2) is 9.78 Å². The van der Waals surface area contributed by atoms with E-state index in [2.05, 4.69) is 4.98 Å². The monoisotopic (exact) mass is 372 g/mol. The van der Waals surface area contributed by atoms with Crippen molar-refractivity contribution in [3.63, 3.8) is 0 Å². The number of carbonyl (C=O) groups excluding carboxylic acids is 1. The van der Waals surface area contributed by atoms with Crippen LogP contribution in [0.1, 0.15) is 57.8 Å². The van der Waals surface area contributed by atoms with Crippen LogP contribution in [-0.4, -0.2) is 38.8 Å². The average Bonchev–Trinajstić information content (AvgIpc) is 2.78. The zero-order valence-corrected chi connectivity index (χ0v) is 15.0. The molecule has 2 aliphatic rings. The highest BCUT2D eigenvalue weighted by Gasteiger charge is 2.52. The highest BCUT2D eigenvalue weighted by Crippen LogP contribution is 2.46. The van der Waals surface area contributed by atoms with Gasteiger partial charge in [-0.3, -0.25) is 0 Å². The van der Waals surface area contributed by atoms with Crippen molar-refractivity contribution in [2.45, 2.75) is 75.9 Å². The molecular weight excluding hydrogens is 349 g/mol. The van der Waals surface area contributed by atoms with Crippen molar-refractivity contribution in [3.8, 4) is 0 Å². The Morgan fingerprint density at radius 1 is 1.23 bits per heavy atom. The van der Waals surface area contributed by atoms with Gasteiger partial charge in [-0.2, -0.15) is 13.2 Å². The molecule has 1 aromatic rings. The lowest BCUT2D eigenvalue weighted by atomic mass is 9.83. The molecule has 2 saturated heterocycles. The number of rotatable bonds is 1. The van der Waals surface area contributed by atoms with E-state index in [-0.39, 0.29) is 30.6 Å². The fourth-order valence-electron chi connectivity index (χ4n) is 3.90. The smallest absolute Gasteiger partial charge is 0.433 e. The summed E-state index contributed by atoms with van der Waals surface area (Å²) in [6, 6.07) is 3.01. The quantitative estimate of drug-likeness (QED) is 0.813. The van der Waals surface area contributed by atoms with Gasteiger partial charge in [-0.15, -0.1) is 0 Å². The fraction of sp³-hybridized carbons (Fsp3) is 0.667. The van der Waals surface area contributed by atoms with Crippen LogP contribution in [0.4, 0.5) is 18.0 Å². The minimum atomic E-state index is -4.57. The van der Waals surface area contributed by atoms with Gasteiger partial charge in [0.1, 0.15) is 16.9 Å². The zero-order valence-electron chi connectivity index (χ0n) is 15.0. The molecular formula is C18H23F3N2O3. The van der Waals surface area contributed by atoms with Crippen molar-refractivity contribution in [3.05, 3.63) is 29.6 Å². The second-order valence-corrected chi connectivity index (χ2v) is 8.12. The number of ether oxygens (including phenoxy) is 1. The summed E-state index contributed by atoms with van der Waals surface area (Å²) in [5.41, 5.74) is -3.13. The molecule has 2 bridgehead atoms. The van der Waals surface area contributed by atoms with Gasteiger partial charge >= 0.3 is 12.3 Å². The third-order valence-electron chi connectivity index (χ3n) is 4.89. The van der Waals surface area contributed by atoms with Crippen LogP contribution in [0.5, 0.6) is 0 Å². The maximum atomic E-state index is 12.9. The molecule has 3 rings (SSSR count). The van der Waals surface area contributed by atoms with Gasteiger partial charge in [-0.05, 0) is 45.7 Å². The third-order valence-corrected chi connectivity index (χ3v) is 4.89. The van der Waals surface area contributed by atoms with Crippen LogP contribution in [0.15, 0.2) is 18.2 Å². The van der Waals surface area contributed by atoms with Crippen LogP contribution < -0.4 is 0 Å². The van der Waals surface area contributed by atoms with Crippen molar-refractivity contribution in [1.29, 1.82) is 0 Å². The van der Waals surface area contributed by atoms with E-state index in [4.69, 9.17) is 4.74 Å². The number of hydrogen-bond acceptors (Lipinski definition) is 4. The maximum Gasteiger partial charge on any atom is 0.433 e. The van der Waals surface area contributed by atoms with Crippen LogP contribution in [-0.2, 0) is 16.5 Å². The number of carbonyl (C=O) groups is 1. The lowest BCUT2D eigenvalue weighted by Crippen LogP contribution is -2.53. The Morgan fingerprint density at radius 3 is 2.31 bits per heavy atom. The van der Waals surface area contributed by atoms with E-state index in [0.717, 1.165) is 6.07 Å². The first-order valence-electron chi connectivity index (χ1n) is 8.67. The van der Waals surface area contributed by atoms with Crippen LogP contribution in [0.2, 0.25) is 0 Å². The van der Waals surface area contributed by atoms with E-state index in [1.54, 1.807) is 25.7 Å². The lowest BCUT2D eigenvalue weighted by molar-refractivity contribution is -0.141. The van der Waals surface area contributed by atoms with Crippen molar-refractivity contribution < 1.29 is 27.8 Å². The van der Waals surface area contributed by atoms with E-state index in [1.807, 2.05) is 0 Å². The Bertz CT molecular complexity index is 686. The van der Waals surface area contributed by atoms with Gasteiger partial charge in [0.25, 0.3) is 0 Å². The molecule has 0 radical (unpaired) electrons. The molecule has 0 aliphatic carbocycles. The van der Waals surface area contributed by atoms with Crippen LogP contribution in [0.25, 0.3) is 0 Å². The number of fused-ring (bicyclic) bond motifs is 2. The number of amides is 1. The molecule has 144 valence electrons. The van der Waals surface area contributed by atoms with Crippen molar-refractivity contribution in [2.75, 3.05) is 0 Å². The number of aliphatic hydroxyl groups is 1. The van der Waals surface area contributed by atoms with Gasteiger partial charge in [-0.1, -0.05) is 6.07 Å². The minimum absolute atomic E-state index is 0.00747. The predicted molar refractivity (Wildman–Crippen MR) is 87.3 cm³/mol. The van der Waals surface area contributed by atoms with E-state index in [9.17, 15) is 23.1 Å². The third kappa shape index (κ3) is 3.65. The molecule has 5 nitrogen and oxygen atoms in total. The summed E-state index contributed by atoms with van der Waals surface area (Å²) in [7, 11) is 0. The summed E-state index contributed by atoms with van der Waals surface area (Å²) in [6.07, 6.45) is -3.34. The van der Waals surface area contributed by atoms with Crippen molar-refractivity contribution in [2.24, 2.45) is 0 Å². The maximum absolute atomic E-state index is 12.9. The molecule has 0 saturated carbocycles. The molecule has 26 heavy (non-hydrogen) atoms. The molecule has 1 N–H and O–H groups in total. The molecule has 1 aromatic heterocycles. The van der Waals surface area contributed by atoms with Gasteiger partial charge < -0.3 is 14.7 Å². The molecule has 2 unspecified atom stereocenters. The van der Waals surface area contributed by atoms with Crippen LogP contribution >= 0.6 is 0 Å². The first-order chi connectivity index (χ1) is 11.9. The highest BCUT2D eigenvalue weighted by molar-refractivity contribution is 5.69. The summed E-state index contributed by atoms with van der Waals surface area (Å²) < 4.78 is 44.2. The Labute approximate surface area is 150 Å². The van der Waals surface area contributed by atoms with E-state index >= 15 is 0 Å². The minimum Gasteiger partial charge on any atom is -0.444 e. The number of aromatic nitrogens is 1. The van der Waals surface area contributed by atoms with E-state index in [1.165, 1.54) is 12.1 Å². The molecule has 2 fully saturated rings. The van der Waals surface area contributed by atoms with Crippen molar-refractivity contribution in [1.82, 2.24) is 9.88 Å². The molecule has 2 atom stereocenters. The van der Waals surface area contributed by atoms with Crippen LogP contribution in [0, 0.1) is 0 Å². The Morgan fingerprint density at radius 2 is 1.81 bits per heavy atom. The summed E-state index contributed by atoms with van der Waals surface area (Å²) in [4.78, 5) is 17.8. The Kier molecular flexibility index (Phi) is 4.45. The summed E-state index contributed by atoms with van der Waals surface area (Å²) in [5, 5.41) is 11.0. The number of pyridine rings is 1. The summed E-state index contributed by atoms with van der Waals surface area (Å²) in [5.74, 6) is 0. The average molecular weight is 372 g/mol. The molecule has 2 aliphatic heterocycles. The van der Waals surface area contributed by atoms with Gasteiger partial charge in [0.05, 0.1) is 5.69 Å². The van der Waals surface area contributed by atoms with Crippen LogP contribution in [0.3, 0.4) is 0 Å². The second-order valence-electron chi connectivity index (χ2n) is 8.12. The number of alkyl halides is 3. The standard InChI is InChI=1S/C18H23F3N2O3/c1-16(2,3)26-15(24)23-11-7-8-12(23)10-17(25,9-11)13-5-4-6-14(22-13)18(19,20)21/h4-6,11-12,25H,7-10H2,1-3H3. The molecule has 3 heterocycles. The first-order valence-corrected chi connectivity index (χ1v) is 8.67. The van der Waals surface area contributed by atoms with E-state index < -0.39 is 29.2 Å². The van der Waals surface area contributed by atoms with E-state index in [0.29, 0.717) is 12.8 Å².